The van der Waals surface area contributed by atoms with Crippen LogP contribution in [0, 0.1) is 6.92 Å². The van der Waals surface area contributed by atoms with Crippen molar-refractivity contribution < 1.29 is 9.53 Å². The van der Waals surface area contributed by atoms with E-state index in [4.69, 9.17) is 4.74 Å². The summed E-state index contributed by atoms with van der Waals surface area (Å²) in [6.07, 6.45) is 7.88. The molecule has 0 radical (unpaired) electrons. The second-order valence-corrected chi connectivity index (χ2v) is 6.59. The van der Waals surface area contributed by atoms with Crippen molar-refractivity contribution in [3.63, 3.8) is 0 Å². The van der Waals surface area contributed by atoms with Gasteiger partial charge in [-0.15, -0.1) is 0 Å². The van der Waals surface area contributed by atoms with Gasteiger partial charge in [0, 0.05) is 31.1 Å². The average molecular weight is 299 g/mol. The number of hydrogen-bond acceptors (Lipinski definition) is 4. The number of rotatable bonds is 2. The van der Waals surface area contributed by atoms with Crippen molar-refractivity contribution in [1.82, 2.24) is 14.5 Å². The fraction of sp³-hybridized carbons (Fsp3) is 0.529. The quantitative estimate of drug-likeness (QED) is 0.799. The Hall–Kier alpha value is -1.88. The number of aromatic nitrogens is 2. The van der Waals surface area contributed by atoms with E-state index in [0.717, 1.165) is 23.9 Å². The van der Waals surface area contributed by atoms with Gasteiger partial charge in [-0.3, -0.25) is 0 Å². The number of hydrogen-bond donors (Lipinski definition) is 0. The summed E-state index contributed by atoms with van der Waals surface area (Å²) in [5.74, 6) is -0.238. The predicted molar refractivity (Wildman–Crippen MR) is 82.9 cm³/mol. The van der Waals surface area contributed by atoms with Crippen LogP contribution in [0.25, 0.3) is 5.52 Å². The molecule has 0 N–H and O–H groups in total. The standard InChI is InChI=1S/C17H21N3O2/c1-11-4-3-7-20-16(11)15(10-18-20)17(21)22-14-8-12-5-6-13(9-14)19(12)2/h3-4,7,10,12-14H,5-6,8-9H2,1-2H3/t12-,13+,14?. The van der Waals surface area contributed by atoms with Crippen molar-refractivity contribution >= 4 is 11.5 Å². The van der Waals surface area contributed by atoms with E-state index in [2.05, 4.69) is 17.0 Å². The summed E-state index contributed by atoms with van der Waals surface area (Å²) < 4.78 is 7.55. The molecule has 2 aromatic heterocycles. The third-order valence-corrected chi connectivity index (χ3v) is 5.29. The number of carbonyl (C=O) groups excluding carboxylic acids is 1. The first-order valence-corrected chi connectivity index (χ1v) is 7.99. The smallest absolute Gasteiger partial charge is 0.342 e. The minimum Gasteiger partial charge on any atom is -0.459 e. The van der Waals surface area contributed by atoms with E-state index in [9.17, 15) is 4.79 Å². The minimum absolute atomic E-state index is 0.0418. The molecule has 0 amide bonds. The molecule has 116 valence electrons. The van der Waals surface area contributed by atoms with Gasteiger partial charge in [0.05, 0.1) is 11.7 Å². The summed E-state index contributed by atoms with van der Waals surface area (Å²) in [4.78, 5) is 15.0. The van der Waals surface area contributed by atoms with E-state index < -0.39 is 0 Å². The van der Waals surface area contributed by atoms with Crippen LogP contribution in [-0.2, 0) is 4.74 Å². The molecule has 2 fully saturated rings. The maximum atomic E-state index is 12.6. The number of fused-ring (bicyclic) bond motifs is 3. The Morgan fingerprint density at radius 1 is 1.32 bits per heavy atom. The van der Waals surface area contributed by atoms with Crippen LogP contribution in [0.5, 0.6) is 0 Å². The normalized spacial score (nSPS) is 28.2. The Balaban J connectivity index is 1.55. The number of aryl methyl sites for hydroxylation is 1. The zero-order chi connectivity index (χ0) is 15.3. The van der Waals surface area contributed by atoms with Gasteiger partial charge in [0.1, 0.15) is 11.7 Å². The van der Waals surface area contributed by atoms with Gasteiger partial charge in [0.25, 0.3) is 0 Å². The lowest BCUT2D eigenvalue weighted by atomic mass is 10.0. The summed E-state index contributed by atoms with van der Waals surface area (Å²) >= 11 is 0. The summed E-state index contributed by atoms with van der Waals surface area (Å²) in [6.45, 7) is 1.99. The molecule has 22 heavy (non-hydrogen) atoms. The summed E-state index contributed by atoms with van der Waals surface area (Å²) in [5.41, 5.74) is 2.46. The molecule has 2 aliphatic rings. The van der Waals surface area contributed by atoms with Crippen molar-refractivity contribution in [2.75, 3.05) is 7.05 Å². The minimum atomic E-state index is -0.238. The maximum Gasteiger partial charge on any atom is 0.342 e. The molecule has 4 rings (SSSR count). The molecule has 0 saturated carbocycles. The summed E-state index contributed by atoms with van der Waals surface area (Å²) in [7, 11) is 2.19. The lowest BCUT2D eigenvalue weighted by Crippen LogP contribution is -2.43. The number of carbonyl (C=O) groups is 1. The van der Waals surface area contributed by atoms with Crippen LogP contribution < -0.4 is 0 Å². The van der Waals surface area contributed by atoms with Crippen molar-refractivity contribution in [3.8, 4) is 0 Å². The van der Waals surface area contributed by atoms with Gasteiger partial charge >= 0.3 is 5.97 Å². The van der Waals surface area contributed by atoms with E-state index in [-0.39, 0.29) is 12.1 Å². The molecular formula is C17H21N3O2. The molecule has 2 aliphatic heterocycles. The number of ether oxygens (including phenoxy) is 1. The Kier molecular flexibility index (Phi) is 3.18. The Bertz CT molecular complexity index is 710. The lowest BCUT2D eigenvalue weighted by molar-refractivity contribution is -0.000273. The molecule has 5 heteroatoms. The molecule has 0 aromatic carbocycles. The van der Waals surface area contributed by atoms with E-state index in [1.165, 1.54) is 12.8 Å². The predicted octanol–water partition coefficient (Wildman–Crippen LogP) is 2.42. The number of nitrogens with zero attached hydrogens (tertiary/aromatic N) is 3. The Morgan fingerprint density at radius 3 is 2.77 bits per heavy atom. The van der Waals surface area contributed by atoms with E-state index in [0.29, 0.717) is 17.6 Å². The van der Waals surface area contributed by atoms with Crippen molar-refractivity contribution in [2.24, 2.45) is 0 Å². The van der Waals surface area contributed by atoms with Crippen LogP contribution in [-0.4, -0.2) is 45.7 Å². The highest BCUT2D eigenvalue weighted by Crippen LogP contribution is 2.35. The van der Waals surface area contributed by atoms with Gasteiger partial charge in [-0.1, -0.05) is 6.07 Å². The average Bonchev–Trinajstić information content (AvgIpc) is 2.99. The lowest BCUT2D eigenvalue weighted by Gasteiger charge is -2.35. The first-order valence-electron chi connectivity index (χ1n) is 7.99. The van der Waals surface area contributed by atoms with Crippen molar-refractivity contribution in [3.05, 3.63) is 35.7 Å². The van der Waals surface area contributed by atoms with Crippen LogP contribution in [0.3, 0.4) is 0 Å². The van der Waals surface area contributed by atoms with Gasteiger partial charge in [0.15, 0.2) is 0 Å². The largest absolute Gasteiger partial charge is 0.459 e. The maximum absolute atomic E-state index is 12.6. The molecule has 5 nitrogen and oxygen atoms in total. The molecule has 0 spiro atoms. The molecular weight excluding hydrogens is 278 g/mol. The highest BCUT2D eigenvalue weighted by molar-refractivity contribution is 5.97. The second-order valence-electron chi connectivity index (χ2n) is 6.59. The fourth-order valence-corrected chi connectivity index (χ4v) is 4.04. The third-order valence-electron chi connectivity index (χ3n) is 5.29. The summed E-state index contributed by atoms with van der Waals surface area (Å²) in [6, 6.07) is 5.06. The van der Waals surface area contributed by atoms with Crippen LogP contribution in [0.4, 0.5) is 0 Å². The highest BCUT2D eigenvalue weighted by Gasteiger charge is 2.40. The summed E-state index contributed by atoms with van der Waals surface area (Å²) in [5, 5.41) is 4.26. The van der Waals surface area contributed by atoms with Crippen LogP contribution in [0.1, 0.15) is 41.6 Å². The van der Waals surface area contributed by atoms with Crippen molar-refractivity contribution in [1.29, 1.82) is 0 Å². The molecule has 2 saturated heterocycles. The highest BCUT2D eigenvalue weighted by atomic mass is 16.5. The number of piperidine rings is 1. The molecule has 1 unspecified atom stereocenters. The number of pyridine rings is 1. The van der Waals surface area contributed by atoms with Gasteiger partial charge in [-0.25, -0.2) is 9.31 Å². The third kappa shape index (κ3) is 2.11. The van der Waals surface area contributed by atoms with E-state index in [1.54, 1.807) is 10.7 Å². The van der Waals surface area contributed by atoms with E-state index in [1.807, 2.05) is 25.3 Å². The SMILES string of the molecule is Cc1cccn2ncc(C(=O)OC3C[C@H]4CC[C@@H](C3)N4C)c12. The van der Waals surface area contributed by atoms with Gasteiger partial charge in [0.2, 0.25) is 0 Å². The molecule has 2 aromatic rings. The van der Waals surface area contributed by atoms with Gasteiger partial charge < -0.3 is 9.64 Å². The monoisotopic (exact) mass is 299 g/mol. The molecule has 4 heterocycles. The van der Waals surface area contributed by atoms with Crippen LogP contribution in [0.2, 0.25) is 0 Å². The van der Waals surface area contributed by atoms with Gasteiger partial charge in [-0.2, -0.15) is 5.10 Å². The zero-order valence-corrected chi connectivity index (χ0v) is 13.0. The van der Waals surface area contributed by atoms with Crippen LogP contribution in [0.15, 0.2) is 24.5 Å². The fourth-order valence-electron chi connectivity index (χ4n) is 4.04. The van der Waals surface area contributed by atoms with Crippen molar-refractivity contribution in [2.45, 2.75) is 50.8 Å². The Labute approximate surface area is 129 Å². The van der Waals surface area contributed by atoms with Crippen LogP contribution >= 0.6 is 0 Å². The van der Waals surface area contributed by atoms with Gasteiger partial charge in [-0.05, 0) is 38.4 Å². The molecule has 0 aliphatic carbocycles. The first-order chi connectivity index (χ1) is 10.6. The molecule has 2 bridgehead atoms. The topological polar surface area (TPSA) is 46.8 Å². The number of esters is 1. The second kappa shape index (κ2) is 5.09. The zero-order valence-electron chi connectivity index (χ0n) is 13.0. The first kappa shape index (κ1) is 13.8. The Morgan fingerprint density at radius 2 is 2.05 bits per heavy atom. The van der Waals surface area contributed by atoms with E-state index >= 15 is 0 Å². The molecule has 3 atom stereocenters.